The second-order valence-electron chi connectivity index (χ2n) is 6.46. The zero-order valence-electron chi connectivity index (χ0n) is 13.0. The van der Waals surface area contributed by atoms with Crippen molar-refractivity contribution >= 4 is 16.6 Å². The molecule has 0 unspecified atom stereocenters. The van der Waals surface area contributed by atoms with Gasteiger partial charge in [-0.3, -0.25) is 4.98 Å². The Morgan fingerprint density at radius 2 is 1.71 bits per heavy atom. The van der Waals surface area contributed by atoms with Crippen LogP contribution in [0, 0.1) is 0 Å². The molecule has 0 fully saturated rings. The third-order valence-electron chi connectivity index (χ3n) is 5.11. The van der Waals surface area contributed by atoms with E-state index < -0.39 is 0 Å². The van der Waals surface area contributed by atoms with Crippen LogP contribution in [0.15, 0.2) is 12.1 Å². The summed E-state index contributed by atoms with van der Waals surface area (Å²) in [5, 5.41) is 5.00. The lowest BCUT2D eigenvalue weighted by Crippen LogP contribution is -2.13. The lowest BCUT2D eigenvalue weighted by atomic mass is 9.87. The minimum atomic E-state index is 0.989. The first kappa shape index (κ1) is 13.1. The summed E-state index contributed by atoms with van der Waals surface area (Å²) in [6.07, 6.45) is 10.1. The molecule has 2 aromatic rings. The molecule has 4 rings (SSSR count). The Morgan fingerprint density at radius 1 is 0.952 bits per heavy atom. The van der Waals surface area contributed by atoms with Gasteiger partial charge in [0, 0.05) is 23.3 Å². The Hall–Kier alpha value is -1.57. The van der Waals surface area contributed by atoms with Crippen LogP contribution >= 0.6 is 0 Å². The molecular weight excluding hydrogens is 256 g/mol. The van der Waals surface area contributed by atoms with E-state index in [1.54, 1.807) is 5.56 Å². The number of hydrogen-bond donors (Lipinski definition) is 1. The summed E-state index contributed by atoms with van der Waals surface area (Å²) in [5.41, 5.74) is 8.61. The first-order valence-corrected chi connectivity index (χ1v) is 8.58. The van der Waals surface area contributed by atoms with Crippen LogP contribution in [0.25, 0.3) is 10.9 Å². The highest BCUT2D eigenvalue weighted by molar-refractivity contribution is 5.96. The zero-order chi connectivity index (χ0) is 14.2. The minimum Gasteiger partial charge on any atom is -0.384 e. The molecule has 2 aliphatic carbocycles. The smallest absolute Gasteiger partial charge is 0.0760 e. The van der Waals surface area contributed by atoms with Crippen molar-refractivity contribution in [2.45, 2.75) is 58.3 Å². The average molecular weight is 280 g/mol. The molecule has 1 aromatic carbocycles. The molecule has 0 amide bonds. The minimum absolute atomic E-state index is 0.989. The van der Waals surface area contributed by atoms with Crippen molar-refractivity contribution in [2.24, 2.45) is 0 Å². The van der Waals surface area contributed by atoms with Crippen molar-refractivity contribution in [2.75, 3.05) is 11.9 Å². The Balaban J connectivity index is 2.01. The highest BCUT2D eigenvalue weighted by Crippen LogP contribution is 2.37. The van der Waals surface area contributed by atoms with Crippen molar-refractivity contribution in [3.8, 4) is 0 Å². The van der Waals surface area contributed by atoms with Crippen LogP contribution < -0.4 is 5.32 Å². The lowest BCUT2D eigenvalue weighted by molar-refractivity contribution is 0.668. The molecule has 2 aliphatic rings. The zero-order valence-corrected chi connectivity index (χ0v) is 13.0. The van der Waals surface area contributed by atoms with Gasteiger partial charge < -0.3 is 5.32 Å². The SMILES string of the molecule is CCNc1c2c(nc3c4c(ccc13)CCCC4)CCCC2. The van der Waals surface area contributed by atoms with Crippen LogP contribution in [0.3, 0.4) is 0 Å². The number of aromatic nitrogens is 1. The van der Waals surface area contributed by atoms with E-state index in [1.165, 1.54) is 78.4 Å². The summed E-state index contributed by atoms with van der Waals surface area (Å²) >= 11 is 0. The number of anilines is 1. The number of nitrogens with one attached hydrogen (secondary N) is 1. The summed E-state index contributed by atoms with van der Waals surface area (Å²) in [7, 11) is 0. The molecule has 110 valence electrons. The van der Waals surface area contributed by atoms with Gasteiger partial charge >= 0.3 is 0 Å². The molecule has 0 saturated carbocycles. The van der Waals surface area contributed by atoms with Gasteiger partial charge in [-0.05, 0) is 75.0 Å². The number of benzene rings is 1. The molecular formula is C19H24N2. The molecule has 0 saturated heterocycles. The molecule has 1 heterocycles. The molecule has 2 nitrogen and oxygen atoms in total. The number of aryl methyl sites for hydroxylation is 3. The van der Waals surface area contributed by atoms with E-state index in [1.807, 2.05) is 0 Å². The van der Waals surface area contributed by atoms with Crippen LogP contribution in [0.5, 0.6) is 0 Å². The number of pyridine rings is 1. The summed E-state index contributed by atoms with van der Waals surface area (Å²) in [5.74, 6) is 0. The molecule has 2 heteroatoms. The molecule has 0 radical (unpaired) electrons. The summed E-state index contributed by atoms with van der Waals surface area (Å²) in [4.78, 5) is 5.13. The third kappa shape index (κ3) is 2.12. The van der Waals surface area contributed by atoms with Gasteiger partial charge in [0.2, 0.25) is 0 Å². The number of fused-ring (bicyclic) bond motifs is 4. The average Bonchev–Trinajstić information content (AvgIpc) is 2.55. The topological polar surface area (TPSA) is 24.9 Å². The normalized spacial score (nSPS) is 17.4. The second kappa shape index (κ2) is 5.32. The van der Waals surface area contributed by atoms with Crippen molar-refractivity contribution < 1.29 is 0 Å². The van der Waals surface area contributed by atoms with Crippen LogP contribution in [-0.4, -0.2) is 11.5 Å². The maximum atomic E-state index is 5.13. The van der Waals surface area contributed by atoms with Crippen LogP contribution in [0.2, 0.25) is 0 Å². The summed E-state index contributed by atoms with van der Waals surface area (Å²) < 4.78 is 0. The molecule has 1 aromatic heterocycles. The first-order chi connectivity index (χ1) is 10.4. The second-order valence-corrected chi connectivity index (χ2v) is 6.46. The lowest BCUT2D eigenvalue weighted by Gasteiger charge is -2.24. The van der Waals surface area contributed by atoms with Gasteiger partial charge in [0.1, 0.15) is 0 Å². The van der Waals surface area contributed by atoms with Crippen LogP contribution in [0.4, 0.5) is 5.69 Å². The highest BCUT2D eigenvalue weighted by atomic mass is 14.9. The molecule has 21 heavy (non-hydrogen) atoms. The Morgan fingerprint density at radius 3 is 2.57 bits per heavy atom. The first-order valence-electron chi connectivity index (χ1n) is 8.58. The standard InChI is InChI=1S/C19H24N2/c1-2-20-18-15-9-5-6-10-17(15)21-19-14-8-4-3-7-13(14)11-12-16(18)19/h11-12H,2-10H2,1H3,(H,20,21). The van der Waals surface area contributed by atoms with Crippen molar-refractivity contribution in [1.29, 1.82) is 0 Å². The fraction of sp³-hybridized carbons (Fsp3) is 0.526. The van der Waals surface area contributed by atoms with Gasteiger partial charge in [0.25, 0.3) is 0 Å². The fourth-order valence-electron chi connectivity index (χ4n) is 4.10. The van der Waals surface area contributed by atoms with Gasteiger partial charge in [0.15, 0.2) is 0 Å². The van der Waals surface area contributed by atoms with E-state index in [9.17, 15) is 0 Å². The highest BCUT2D eigenvalue weighted by Gasteiger charge is 2.21. The third-order valence-corrected chi connectivity index (χ3v) is 5.11. The van der Waals surface area contributed by atoms with Crippen molar-refractivity contribution in [3.63, 3.8) is 0 Å². The molecule has 1 N–H and O–H groups in total. The van der Waals surface area contributed by atoms with Crippen molar-refractivity contribution in [3.05, 3.63) is 34.5 Å². The Kier molecular flexibility index (Phi) is 3.33. The van der Waals surface area contributed by atoms with Crippen LogP contribution in [-0.2, 0) is 25.7 Å². The fourth-order valence-corrected chi connectivity index (χ4v) is 4.10. The van der Waals surface area contributed by atoms with Crippen molar-refractivity contribution in [1.82, 2.24) is 4.98 Å². The van der Waals surface area contributed by atoms with Gasteiger partial charge in [-0.2, -0.15) is 0 Å². The van der Waals surface area contributed by atoms with E-state index in [0.29, 0.717) is 0 Å². The molecule has 0 atom stereocenters. The van der Waals surface area contributed by atoms with E-state index >= 15 is 0 Å². The maximum Gasteiger partial charge on any atom is 0.0760 e. The Labute approximate surface area is 127 Å². The molecule has 0 bridgehead atoms. The number of hydrogen-bond acceptors (Lipinski definition) is 2. The van der Waals surface area contributed by atoms with E-state index in [2.05, 4.69) is 24.4 Å². The maximum absolute atomic E-state index is 5.13. The van der Waals surface area contributed by atoms with E-state index in [0.717, 1.165) is 13.0 Å². The largest absolute Gasteiger partial charge is 0.384 e. The predicted molar refractivity (Wildman–Crippen MR) is 89.2 cm³/mol. The van der Waals surface area contributed by atoms with E-state index in [4.69, 9.17) is 4.98 Å². The number of rotatable bonds is 2. The van der Waals surface area contributed by atoms with Gasteiger partial charge in [-0.25, -0.2) is 0 Å². The van der Waals surface area contributed by atoms with Gasteiger partial charge in [0.05, 0.1) is 5.52 Å². The Bertz CT molecular complexity index is 688. The predicted octanol–water partition coefficient (Wildman–Crippen LogP) is 4.42. The molecule has 0 aliphatic heterocycles. The summed E-state index contributed by atoms with van der Waals surface area (Å²) in [6.45, 7) is 3.18. The van der Waals surface area contributed by atoms with E-state index in [-0.39, 0.29) is 0 Å². The quantitative estimate of drug-likeness (QED) is 0.880. The number of nitrogens with zero attached hydrogens (tertiary/aromatic N) is 1. The van der Waals surface area contributed by atoms with Gasteiger partial charge in [-0.15, -0.1) is 0 Å². The van der Waals surface area contributed by atoms with Gasteiger partial charge in [-0.1, -0.05) is 12.1 Å². The van der Waals surface area contributed by atoms with Crippen LogP contribution in [0.1, 0.15) is 55.0 Å². The molecule has 0 spiro atoms. The summed E-state index contributed by atoms with van der Waals surface area (Å²) in [6, 6.07) is 4.67. The monoisotopic (exact) mass is 280 g/mol.